The van der Waals surface area contributed by atoms with Crippen LogP contribution in [0.3, 0.4) is 0 Å². The number of nitriles is 1. The van der Waals surface area contributed by atoms with Crippen molar-refractivity contribution in [3.63, 3.8) is 0 Å². The molecule has 4 aliphatic rings. The molecule has 3 fully saturated rings. The molecule has 0 unspecified atom stereocenters. The van der Waals surface area contributed by atoms with Crippen LogP contribution in [0, 0.1) is 39.9 Å². The van der Waals surface area contributed by atoms with E-state index in [1.165, 1.54) is 32.1 Å². The summed E-state index contributed by atoms with van der Waals surface area (Å²) in [4.78, 5) is 22.9. The van der Waals surface area contributed by atoms with Gasteiger partial charge in [-0.1, -0.05) is 19.9 Å². The molecule has 0 bridgehead atoms. The van der Waals surface area contributed by atoms with E-state index in [9.17, 15) is 10.1 Å². The first-order valence-electron chi connectivity index (χ1n) is 12.2. The van der Waals surface area contributed by atoms with Crippen LogP contribution in [-0.4, -0.2) is 33.9 Å². The van der Waals surface area contributed by atoms with Crippen molar-refractivity contribution in [2.75, 3.05) is 7.05 Å². The van der Waals surface area contributed by atoms with Crippen LogP contribution < -0.4 is 0 Å². The van der Waals surface area contributed by atoms with Crippen molar-refractivity contribution in [2.45, 2.75) is 64.3 Å². The lowest BCUT2D eigenvalue weighted by Gasteiger charge is -2.60. The number of likely N-dealkylation sites (N-methyl/N-ethyl adjacent to an activating group) is 1. The summed E-state index contributed by atoms with van der Waals surface area (Å²) >= 11 is 0. The first-order valence-corrected chi connectivity index (χ1v) is 12.2. The molecule has 1 aliphatic heterocycles. The van der Waals surface area contributed by atoms with E-state index in [0.717, 1.165) is 29.2 Å². The number of nitrogens with zero attached hydrogens (tertiary/aromatic N) is 3. The van der Waals surface area contributed by atoms with Gasteiger partial charge in [-0.3, -0.25) is 4.79 Å². The van der Waals surface area contributed by atoms with Crippen molar-refractivity contribution in [1.82, 2.24) is 14.9 Å². The van der Waals surface area contributed by atoms with Gasteiger partial charge in [-0.25, -0.2) is 4.98 Å². The molecular weight excluding hydrogens is 396 g/mol. The lowest BCUT2D eigenvalue weighted by atomic mass is 9.47. The maximum Gasteiger partial charge on any atom is 0.246 e. The standard InChI is InChI=1S/C27H32N4O/c1-26-12-10-19-17(5-9-23-27(19,2)13-11-24(32)31(23)3)18(26)6-7-20(26)25-29-21-8-4-16(15-28)14-22(21)30-25/h4,8,11,13-14,17-20,23H,5-7,9-10,12H2,1-3H3,(H,29,30)/t17-,18-,19-,20+,23+,26-,27+/m0/s1. The maximum absolute atomic E-state index is 12.3. The van der Waals surface area contributed by atoms with Gasteiger partial charge in [-0.05, 0) is 86.0 Å². The van der Waals surface area contributed by atoms with Crippen LogP contribution in [0.25, 0.3) is 11.0 Å². The Morgan fingerprint density at radius 2 is 2.00 bits per heavy atom. The lowest BCUT2D eigenvalue weighted by molar-refractivity contribution is -0.138. The fourth-order valence-corrected chi connectivity index (χ4v) is 8.45. The van der Waals surface area contributed by atoms with Crippen LogP contribution in [0.2, 0.25) is 0 Å². The third-order valence-electron chi connectivity index (χ3n) is 10.1. The van der Waals surface area contributed by atoms with E-state index >= 15 is 0 Å². The summed E-state index contributed by atoms with van der Waals surface area (Å²) in [6, 6.07) is 8.32. The zero-order chi connectivity index (χ0) is 22.3. The Morgan fingerprint density at radius 1 is 1.16 bits per heavy atom. The number of hydrogen-bond donors (Lipinski definition) is 1. The number of aromatic nitrogens is 2. The van der Waals surface area contributed by atoms with Crippen LogP contribution in [-0.2, 0) is 4.79 Å². The Kier molecular flexibility index (Phi) is 4.19. The molecule has 5 heteroatoms. The predicted octanol–water partition coefficient (Wildman–Crippen LogP) is 5.16. The second-order valence-electron chi connectivity index (χ2n) is 11.3. The highest BCUT2D eigenvalue weighted by Crippen LogP contribution is 2.67. The number of rotatable bonds is 1. The number of hydrogen-bond acceptors (Lipinski definition) is 3. The Morgan fingerprint density at radius 3 is 2.81 bits per heavy atom. The molecule has 1 aromatic carbocycles. The van der Waals surface area contributed by atoms with E-state index < -0.39 is 0 Å². The van der Waals surface area contributed by atoms with Crippen molar-refractivity contribution in [1.29, 1.82) is 5.26 Å². The smallest absolute Gasteiger partial charge is 0.246 e. The summed E-state index contributed by atoms with van der Waals surface area (Å²) in [5.74, 6) is 3.81. The van der Waals surface area contributed by atoms with Gasteiger partial charge in [0.25, 0.3) is 0 Å². The topological polar surface area (TPSA) is 72.8 Å². The molecule has 1 N–H and O–H groups in total. The van der Waals surface area contributed by atoms with E-state index in [1.54, 1.807) is 0 Å². The number of carbonyl (C=O) groups is 1. The Labute approximate surface area is 189 Å². The summed E-state index contributed by atoms with van der Waals surface area (Å²) in [5.41, 5.74) is 2.98. The number of aromatic amines is 1. The van der Waals surface area contributed by atoms with Gasteiger partial charge in [-0.2, -0.15) is 5.26 Å². The van der Waals surface area contributed by atoms with Crippen LogP contribution >= 0.6 is 0 Å². The first-order chi connectivity index (χ1) is 15.3. The molecule has 1 aromatic heterocycles. The molecule has 2 heterocycles. The molecule has 0 saturated heterocycles. The largest absolute Gasteiger partial charge is 0.342 e. The molecule has 0 radical (unpaired) electrons. The normalized spacial score (nSPS) is 40.6. The Hall–Kier alpha value is -2.61. The lowest BCUT2D eigenvalue weighted by Crippen LogP contribution is -2.59. The van der Waals surface area contributed by atoms with E-state index in [1.807, 2.05) is 36.2 Å². The second-order valence-corrected chi connectivity index (χ2v) is 11.3. The highest BCUT2D eigenvalue weighted by atomic mass is 16.2. The van der Waals surface area contributed by atoms with Crippen molar-refractivity contribution in [3.05, 3.63) is 41.7 Å². The van der Waals surface area contributed by atoms with Crippen molar-refractivity contribution < 1.29 is 4.79 Å². The fraction of sp³-hybridized carbons (Fsp3) is 0.593. The average molecular weight is 429 g/mol. The predicted molar refractivity (Wildman–Crippen MR) is 124 cm³/mol. The molecule has 3 aliphatic carbocycles. The number of amides is 1. The number of carbonyl (C=O) groups excluding carboxylic acids is 1. The summed E-state index contributed by atoms with van der Waals surface area (Å²) in [7, 11) is 1.99. The number of benzene rings is 1. The van der Waals surface area contributed by atoms with Gasteiger partial charge in [-0.15, -0.1) is 0 Å². The minimum Gasteiger partial charge on any atom is -0.342 e. The quantitative estimate of drug-likeness (QED) is 0.682. The van der Waals surface area contributed by atoms with E-state index in [2.05, 4.69) is 31.0 Å². The summed E-state index contributed by atoms with van der Waals surface area (Å²) in [6.07, 6.45) is 11.3. The molecule has 0 spiro atoms. The van der Waals surface area contributed by atoms with E-state index in [0.29, 0.717) is 29.4 Å². The van der Waals surface area contributed by atoms with Gasteiger partial charge in [0, 0.05) is 24.4 Å². The zero-order valence-electron chi connectivity index (χ0n) is 19.3. The van der Waals surface area contributed by atoms with Crippen molar-refractivity contribution in [3.8, 4) is 6.07 Å². The van der Waals surface area contributed by atoms with Gasteiger partial charge < -0.3 is 9.88 Å². The third kappa shape index (κ3) is 2.56. The minimum atomic E-state index is 0.0953. The second kappa shape index (κ2) is 6.70. The Bertz CT molecular complexity index is 1170. The maximum atomic E-state index is 12.3. The molecule has 3 saturated carbocycles. The first kappa shape index (κ1) is 20.0. The van der Waals surface area contributed by atoms with Crippen LogP contribution in [0.5, 0.6) is 0 Å². The third-order valence-corrected chi connectivity index (χ3v) is 10.1. The van der Waals surface area contributed by atoms with Crippen LogP contribution in [0.1, 0.15) is 69.7 Å². The van der Waals surface area contributed by atoms with E-state index in [4.69, 9.17) is 4.98 Å². The molecule has 6 rings (SSSR count). The molecule has 7 atom stereocenters. The highest BCUT2D eigenvalue weighted by Gasteiger charge is 2.60. The number of H-pyrrole nitrogens is 1. The molecule has 166 valence electrons. The van der Waals surface area contributed by atoms with Crippen molar-refractivity contribution >= 4 is 16.9 Å². The van der Waals surface area contributed by atoms with E-state index in [-0.39, 0.29) is 16.7 Å². The summed E-state index contributed by atoms with van der Waals surface area (Å²) in [5, 5.41) is 9.24. The van der Waals surface area contributed by atoms with Gasteiger partial charge >= 0.3 is 0 Å². The Balaban J connectivity index is 1.33. The monoisotopic (exact) mass is 428 g/mol. The number of fused-ring (bicyclic) bond motifs is 6. The molecule has 1 amide bonds. The SMILES string of the molecule is CN1C(=O)C=C[C@]2(C)[C@H]3CC[C@]4(C)[C@@H](c5nc6ccc(C#N)cc6[nH]5)CC[C@H]4[C@@H]3CC[C@@H]12. The van der Waals surface area contributed by atoms with Gasteiger partial charge in [0.2, 0.25) is 5.91 Å². The molecule has 5 nitrogen and oxygen atoms in total. The van der Waals surface area contributed by atoms with Gasteiger partial charge in [0.1, 0.15) is 5.82 Å². The summed E-state index contributed by atoms with van der Waals surface area (Å²) < 4.78 is 0. The molecule has 32 heavy (non-hydrogen) atoms. The number of nitrogens with one attached hydrogen (secondary N) is 1. The highest BCUT2D eigenvalue weighted by molar-refractivity contribution is 5.89. The van der Waals surface area contributed by atoms with Crippen molar-refractivity contribution in [2.24, 2.45) is 28.6 Å². The van der Waals surface area contributed by atoms with Gasteiger partial charge in [0.15, 0.2) is 0 Å². The minimum absolute atomic E-state index is 0.0953. The van der Waals surface area contributed by atoms with Crippen LogP contribution in [0.15, 0.2) is 30.4 Å². The summed E-state index contributed by atoms with van der Waals surface area (Å²) in [6.45, 7) is 4.93. The molecular formula is C27H32N4O. The van der Waals surface area contributed by atoms with Gasteiger partial charge in [0.05, 0.1) is 22.7 Å². The van der Waals surface area contributed by atoms with Crippen LogP contribution in [0.4, 0.5) is 0 Å². The number of imidazole rings is 1. The zero-order valence-corrected chi connectivity index (χ0v) is 19.3. The average Bonchev–Trinajstić information content (AvgIpc) is 3.36. The fourth-order valence-electron chi connectivity index (χ4n) is 8.45. The molecule has 2 aromatic rings.